The van der Waals surface area contributed by atoms with Crippen LogP contribution in [0.2, 0.25) is 0 Å². The van der Waals surface area contributed by atoms with Crippen LogP contribution >= 0.6 is 22.7 Å². The lowest BCUT2D eigenvalue weighted by atomic mass is 9.65. The summed E-state index contributed by atoms with van der Waals surface area (Å²) in [6.45, 7) is 0. The molecule has 0 atom stereocenters. The fraction of sp³-hybridized carbons (Fsp3) is 0.0164. The SMILES string of the molecule is c1ccc2c(c1)Oc1c(-c3ccc4c(c3)oc3ccccc34)cc(N(c3ccc4c(c3)sc3ccccc34)c3cccc4c3sc3ccccc34)cc1C21c2ccccc2-c2ccccc21. The van der Waals surface area contributed by atoms with Crippen LogP contribution in [0.5, 0.6) is 11.5 Å². The van der Waals surface area contributed by atoms with Crippen LogP contribution < -0.4 is 9.64 Å². The van der Waals surface area contributed by atoms with Gasteiger partial charge in [0.15, 0.2) is 0 Å². The van der Waals surface area contributed by atoms with Gasteiger partial charge in [-0.2, -0.15) is 0 Å². The highest BCUT2D eigenvalue weighted by Crippen LogP contribution is 2.64. The minimum absolute atomic E-state index is 0.684. The quantitative estimate of drug-likeness (QED) is 0.176. The molecule has 1 aliphatic carbocycles. The van der Waals surface area contributed by atoms with Crippen molar-refractivity contribution >= 4 is 102 Å². The molecule has 13 aromatic rings. The molecule has 0 amide bonds. The maximum Gasteiger partial charge on any atom is 0.140 e. The number of benzene rings is 10. The zero-order chi connectivity index (χ0) is 43.1. The standard InChI is InChI=1S/C61H35NO2S2/c1-6-20-48-39(14-1)40-15-2-7-21-49(40)61(48)50-22-8-10-25-54(50)64-59-47(36-28-30-42-41-16-3-9-24-53(41)63-55(42)32-36)33-38(34-51(59)61)62(37-29-31-45-43-17-4-11-26-56(43)65-58(45)35-37)52-23-13-19-46-44-18-5-12-27-57(44)66-60(46)52/h1-35H. The van der Waals surface area contributed by atoms with Crippen molar-refractivity contribution in [3.05, 3.63) is 235 Å². The number of para-hydroxylation sites is 2. The van der Waals surface area contributed by atoms with Crippen LogP contribution in [0.4, 0.5) is 17.1 Å². The minimum atomic E-state index is -0.684. The van der Waals surface area contributed by atoms with Gasteiger partial charge in [-0.25, -0.2) is 0 Å². The van der Waals surface area contributed by atoms with Crippen molar-refractivity contribution in [2.45, 2.75) is 5.41 Å². The molecule has 1 aliphatic heterocycles. The molecule has 5 heteroatoms. The number of anilines is 3. The molecule has 0 saturated heterocycles. The van der Waals surface area contributed by atoms with Gasteiger partial charge in [0, 0.05) is 74.5 Å². The highest BCUT2D eigenvalue weighted by atomic mass is 32.1. The molecule has 0 fully saturated rings. The second-order valence-electron chi connectivity index (χ2n) is 17.5. The van der Waals surface area contributed by atoms with Gasteiger partial charge < -0.3 is 14.1 Å². The van der Waals surface area contributed by atoms with Crippen molar-refractivity contribution in [3.63, 3.8) is 0 Å². The highest BCUT2D eigenvalue weighted by Gasteiger charge is 2.52. The van der Waals surface area contributed by atoms with E-state index < -0.39 is 5.41 Å². The highest BCUT2D eigenvalue weighted by molar-refractivity contribution is 7.26. The molecular weight excluding hydrogens is 843 g/mol. The number of thiophene rings is 2. The van der Waals surface area contributed by atoms with Gasteiger partial charge in [-0.15, -0.1) is 22.7 Å². The Balaban J connectivity index is 1.09. The van der Waals surface area contributed by atoms with Crippen LogP contribution in [-0.2, 0) is 5.41 Å². The smallest absolute Gasteiger partial charge is 0.140 e. The van der Waals surface area contributed by atoms with E-state index in [0.717, 1.165) is 72.8 Å². The number of fused-ring (bicyclic) bond motifs is 18. The van der Waals surface area contributed by atoms with Gasteiger partial charge in [-0.05, 0) is 94.5 Å². The topological polar surface area (TPSA) is 25.6 Å². The molecule has 4 heterocycles. The van der Waals surface area contributed by atoms with E-state index in [2.05, 4.69) is 211 Å². The molecule has 66 heavy (non-hydrogen) atoms. The first-order valence-corrected chi connectivity index (χ1v) is 24.0. The van der Waals surface area contributed by atoms with Gasteiger partial charge in [-0.1, -0.05) is 146 Å². The van der Waals surface area contributed by atoms with Crippen LogP contribution in [0, 0.1) is 0 Å². The fourth-order valence-electron chi connectivity index (χ4n) is 11.4. The summed E-state index contributed by atoms with van der Waals surface area (Å²) in [5.41, 5.74) is 13.6. The molecule has 3 nitrogen and oxygen atoms in total. The van der Waals surface area contributed by atoms with Crippen LogP contribution in [0.15, 0.2) is 217 Å². The maximum absolute atomic E-state index is 7.35. The number of ether oxygens (including phenoxy) is 1. The molecule has 1 spiro atoms. The largest absolute Gasteiger partial charge is 0.456 e. The third-order valence-electron chi connectivity index (χ3n) is 14.1. The van der Waals surface area contributed by atoms with Crippen molar-refractivity contribution in [1.82, 2.24) is 0 Å². The first-order valence-electron chi connectivity index (χ1n) is 22.4. The molecule has 3 aromatic heterocycles. The number of furan rings is 1. The monoisotopic (exact) mass is 877 g/mol. The van der Waals surface area contributed by atoms with Crippen molar-refractivity contribution in [2.75, 3.05) is 4.90 Å². The molecular formula is C61H35NO2S2. The Morgan fingerprint density at radius 1 is 0.379 bits per heavy atom. The van der Waals surface area contributed by atoms with Gasteiger partial charge in [0.05, 0.1) is 15.8 Å². The Hall–Kier alpha value is -7.96. The van der Waals surface area contributed by atoms with Gasteiger partial charge in [0.1, 0.15) is 22.7 Å². The molecule has 0 unspecified atom stereocenters. The molecule has 15 rings (SSSR count). The Kier molecular flexibility index (Phi) is 7.46. The second kappa shape index (κ2) is 13.5. The number of nitrogens with zero attached hydrogens (tertiary/aromatic N) is 1. The normalized spacial score (nSPS) is 13.4. The predicted molar refractivity (Wildman–Crippen MR) is 277 cm³/mol. The van der Waals surface area contributed by atoms with Gasteiger partial charge in [0.25, 0.3) is 0 Å². The Labute approximate surface area is 387 Å². The molecule has 0 bridgehead atoms. The van der Waals surface area contributed by atoms with E-state index in [-0.39, 0.29) is 0 Å². The zero-order valence-electron chi connectivity index (χ0n) is 35.3. The minimum Gasteiger partial charge on any atom is -0.456 e. The maximum atomic E-state index is 7.35. The first-order chi connectivity index (χ1) is 32.7. The summed E-state index contributed by atoms with van der Waals surface area (Å²) in [5.74, 6) is 1.71. The lowest BCUT2D eigenvalue weighted by molar-refractivity contribution is 0.438. The number of hydrogen-bond acceptors (Lipinski definition) is 5. The van der Waals surface area contributed by atoms with Crippen molar-refractivity contribution in [1.29, 1.82) is 0 Å². The molecule has 10 aromatic carbocycles. The van der Waals surface area contributed by atoms with E-state index in [1.165, 1.54) is 62.6 Å². The van der Waals surface area contributed by atoms with Gasteiger partial charge in [-0.3, -0.25) is 0 Å². The summed E-state index contributed by atoms with van der Waals surface area (Å²) >= 11 is 3.72. The zero-order valence-corrected chi connectivity index (χ0v) is 36.9. The molecule has 0 saturated carbocycles. The van der Waals surface area contributed by atoms with E-state index in [0.29, 0.717) is 0 Å². The number of hydrogen-bond donors (Lipinski definition) is 0. The Morgan fingerprint density at radius 3 is 1.82 bits per heavy atom. The van der Waals surface area contributed by atoms with E-state index in [9.17, 15) is 0 Å². The Morgan fingerprint density at radius 2 is 1.00 bits per heavy atom. The number of rotatable bonds is 4. The molecule has 2 aliphatic rings. The average molecular weight is 878 g/mol. The summed E-state index contributed by atoms with van der Waals surface area (Å²) in [5, 5.41) is 7.28. The lowest BCUT2D eigenvalue weighted by Gasteiger charge is -2.41. The average Bonchev–Trinajstić information content (AvgIpc) is 4.13. The van der Waals surface area contributed by atoms with Crippen LogP contribution in [-0.4, -0.2) is 0 Å². The second-order valence-corrected chi connectivity index (χ2v) is 19.6. The van der Waals surface area contributed by atoms with E-state index in [1.807, 2.05) is 28.7 Å². The van der Waals surface area contributed by atoms with Crippen LogP contribution in [0.25, 0.3) is 84.5 Å². The van der Waals surface area contributed by atoms with Crippen LogP contribution in [0.1, 0.15) is 22.3 Å². The predicted octanol–water partition coefficient (Wildman–Crippen LogP) is 17.9. The fourth-order valence-corrected chi connectivity index (χ4v) is 13.7. The van der Waals surface area contributed by atoms with Gasteiger partial charge in [0.2, 0.25) is 0 Å². The summed E-state index contributed by atoms with van der Waals surface area (Å²) < 4.78 is 19.0. The summed E-state index contributed by atoms with van der Waals surface area (Å²) in [4.78, 5) is 2.51. The molecule has 0 radical (unpaired) electrons. The first kappa shape index (κ1) is 36.4. The summed E-state index contributed by atoms with van der Waals surface area (Å²) in [6.07, 6.45) is 0. The third-order valence-corrected chi connectivity index (χ3v) is 16.5. The van der Waals surface area contributed by atoms with E-state index in [1.54, 1.807) is 0 Å². The summed E-state index contributed by atoms with van der Waals surface area (Å²) in [7, 11) is 0. The molecule has 308 valence electrons. The van der Waals surface area contributed by atoms with E-state index in [4.69, 9.17) is 9.15 Å². The Bertz CT molecular complexity index is 4140. The van der Waals surface area contributed by atoms with Crippen molar-refractivity contribution < 1.29 is 9.15 Å². The van der Waals surface area contributed by atoms with Gasteiger partial charge >= 0.3 is 0 Å². The lowest BCUT2D eigenvalue weighted by Crippen LogP contribution is -2.32. The van der Waals surface area contributed by atoms with Crippen molar-refractivity contribution in [3.8, 4) is 33.8 Å². The van der Waals surface area contributed by atoms with Crippen molar-refractivity contribution in [2.24, 2.45) is 0 Å². The third kappa shape index (κ3) is 4.91. The summed E-state index contributed by atoms with van der Waals surface area (Å²) in [6, 6.07) is 77.8. The molecule has 0 N–H and O–H groups in total. The van der Waals surface area contributed by atoms with Crippen LogP contribution in [0.3, 0.4) is 0 Å². The van der Waals surface area contributed by atoms with E-state index >= 15 is 0 Å².